The fourth-order valence-electron chi connectivity index (χ4n) is 2.81. The summed E-state index contributed by atoms with van der Waals surface area (Å²) in [6, 6.07) is 18.7. The zero-order chi connectivity index (χ0) is 19.1. The lowest BCUT2D eigenvalue weighted by Crippen LogP contribution is -2.38. The van der Waals surface area contributed by atoms with Gasteiger partial charge in [-0.25, -0.2) is 0 Å². The molecule has 7 heteroatoms. The Hall–Kier alpha value is -2.80. The van der Waals surface area contributed by atoms with Crippen LogP contribution in [0.5, 0.6) is 0 Å². The lowest BCUT2D eigenvalue weighted by molar-refractivity contribution is 0.475. The molecule has 0 bridgehead atoms. The van der Waals surface area contributed by atoms with Crippen molar-refractivity contribution in [3.8, 4) is 5.69 Å². The van der Waals surface area contributed by atoms with Crippen LogP contribution in [-0.4, -0.2) is 46.0 Å². The Bertz CT molecular complexity index is 873. The molecule has 0 atom stereocenters. The standard InChI is InChI=1S/C20H24N6S/c1-21-20(25(2)14-16-9-11-18(27-3)12-10-16)22-13-19-24-23-15-26(19)17-7-5-4-6-8-17/h4-12,15H,13-14H2,1-3H3,(H,21,22). The van der Waals surface area contributed by atoms with Gasteiger partial charge >= 0.3 is 0 Å². The van der Waals surface area contributed by atoms with Crippen molar-refractivity contribution in [2.45, 2.75) is 18.0 Å². The maximum Gasteiger partial charge on any atom is 0.194 e. The SMILES string of the molecule is CN=C(NCc1nncn1-c1ccccc1)N(C)Cc1ccc(SC)cc1. The number of rotatable bonds is 6. The Morgan fingerprint density at radius 3 is 2.56 bits per heavy atom. The van der Waals surface area contributed by atoms with Gasteiger partial charge in [0.25, 0.3) is 0 Å². The number of guanidine groups is 1. The predicted octanol–water partition coefficient (Wildman–Crippen LogP) is 3.20. The highest BCUT2D eigenvalue weighted by molar-refractivity contribution is 7.98. The number of para-hydroxylation sites is 1. The lowest BCUT2D eigenvalue weighted by Gasteiger charge is -2.22. The molecule has 3 rings (SSSR count). The molecule has 0 aliphatic heterocycles. The second-order valence-electron chi connectivity index (χ2n) is 6.06. The molecule has 3 aromatic rings. The van der Waals surface area contributed by atoms with Crippen LogP contribution in [0.2, 0.25) is 0 Å². The average molecular weight is 381 g/mol. The van der Waals surface area contributed by atoms with Crippen molar-refractivity contribution in [1.82, 2.24) is 25.0 Å². The number of thioether (sulfide) groups is 1. The maximum absolute atomic E-state index is 4.39. The molecule has 1 N–H and O–H groups in total. The topological polar surface area (TPSA) is 58.3 Å². The summed E-state index contributed by atoms with van der Waals surface area (Å²) in [6.45, 7) is 1.32. The minimum absolute atomic E-state index is 0.539. The highest BCUT2D eigenvalue weighted by Gasteiger charge is 2.10. The van der Waals surface area contributed by atoms with Gasteiger partial charge in [0.2, 0.25) is 0 Å². The first-order valence-corrected chi connectivity index (χ1v) is 9.92. The number of nitrogens with zero attached hydrogens (tertiary/aromatic N) is 5. The average Bonchev–Trinajstić information content (AvgIpc) is 3.18. The Labute approximate surface area is 164 Å². The van der Waals surface area contributed by atoms with E-state index in [1.54, 1.807) is 25.1 Å². The minimum Gasteiger partial charge on any atom is -0.349 e. The van der Waals surface area contributed by atoms with Crippen molar-refractivity contribution in [2.24, 2.45) is 4.99 Å². The van der Waals surface area contributed by atoms with Gasteiger partial charge in [0, 0.05) is 31.2 Å². The van der Waals surface area contributed by atoms with Crippen LogP contribution in [0.25, 0.3) is 5.69 Å². The third kappa shape index (κ3) is 4.89. The molecule has 0 aliphatic carbocycles. The van der Waals surface area contributed by atoms with E-state index in [4.69, 9.17) is 0 Å². The number of aromatic nitrogens is 3. The van der Waals surface area contributed by atoms with Crippen LogP contribution in [0.1, 0.15) is 11.4 Å². The van der Waals surface area contributed by atoms with Crippen molar-refractivity contribution >= 4 is 17.7 Å². The van der Waals surface area contributed by atoms with Crippen LogP contribution in [0.3, 0.4) is 0 Å². The van der Waals surface area contributed by atoms with E-state index < -0.39 is 0 Å². The number of benzene rings is 2. The third-order valence-electron chi connectivity index (χ3n) is 4.21. The van der Waals surface area contributed by atoms with E-state index in [2.05, 4.69) is 55.9 Å². The molecular weight excluding hydrogens is 356 g/mol. The first-order valence-electron chi connectivity index (χ1n) is 8.70. The van der Waals surface area contributed by atoms with Gasteiger partial charge in [-0.05, 0) is 36.1 Å². The zero-order valence-electron chi connectivity index (χ0n) is 15.8. The van der Waals surface area contributed by atoms with Crippen LogP contribution in [0, 0.1) is 0 Å². The van der Waals surface area contributed by atoms with Gasteiger partial charge in [0.1, 0.15) is 6.33 Å². The number of hydrogen-bond acceptors (Lipinski definition) is 4. The van der Waals surface area contributed by atoms with E-state index in [0.717, 1.165) is 24.0 Å². The summed E-state index contributed by atoms with van der Waals surface area (Å²) in [6.07, 6.45) is 3.81. The Kier molecular flexibility index (Phi) is 6.49. The van der Waals surface area contributed by atoms with Crippen molar-refractivity contribution < 1.29 is 0 Å². The first-order chi connectivity index (χ1) is 13.2. The molecule has 0 unspecified atom stereocenters. The monoisotopic (exact) mass is 380 g/mol. The van der Waals surface area contributed by atoms with E-state index in [-0.39, 0.29) is 0 Å². The van der Waals surface area contributed by atoms with Gasteiger partial charge < -0.3 is 10.2 Å². The molecule has 0 fully saturated rings. The van der Waals surface area contributed by atoms with Crippen LogP contribution in [-0.2, 0) is 13.1 Å². The largest absolute Gasteiger partial charge is 0.349 e. The summed E-state index contributed by atoms with van der Waals surface area (Å²) >= 11 is 1.75. The smallest absolute Gasteiger partial charge is 0.194 e. The van der Waals surface area contributed by atoms with Gasteiger partial charge in [-0.1, -0.05) is 30.3 Å². The molecule has 0 saturated carbocycles. The lowest BCUT2D eigenvalue weighted by atomic mass is 10.2. The highest BCUT2D eigenvalue weighted by Crippen LogP contribution is 2.15. The highest BCUT2D eigenvalue weighted by atomic mass is 32.2. The normalized spacial score (nSPS) is 11.4. The van der Waals surface area contributed by atoms with Gasteiger partial charge in [-0.2, -0.15) is 0 Å². The van der Waals surface area contributed by atoms with Crippen LogP contribution < -0.4 is 5.32 Å². The van der Waals surface area contributed by atoms with Crippen molar-refractivity contribution in [3.63, 3.8) is 0 Å². The molecule has 6 nitrogen and oxygen atoms in total. The molecule has 2 aromatic carbocycles. The molecule has 1 aromatic heterocycles. The summed E-state index contributed by atoms with van der Waals surface area (Å²) in [5.74, 6) is 1.65. The van der Waals surface area contributed by atoms with Gasteiger partial charge in [-0.3, -0.25) is 9.56 Å². The first kappa shape index (κ1) is 19.0. The van der Waals surface area contributed by atoms with E-state index in [9.17, 15) is 0 Å². The van der Waals surface area contributed by atoms with E-state index >= 15 is 0 Å². The predicted molar refractivity (Wildman–Crippen MR) is 111 cm³/mol. The van der Waals surface area contributed by atoms with Gasteiger partial charge in [-0.15, -0.1) is 22.0 Å². The summed E-state index contributed by atoms with van der Waals surface area (Å²) in [5, 5.41) is 11.7. The Morgan fingerprint density at radius 1 is 1.15 bits per heavy atom. The quantitative estimate of drug-likeness (QED) is 0.404. The van der Waals surface area contributed by atoms with Crippen LogP contribution in [0.4, 0.5) is 0 Å². The Morgan fingerprint density at radius 2 is 1.89 bits per heavy atom. The summed E-state index contributed by atoms with van der Waals surface area (Å²) in [5.41, 5.74) is 2.28. The molecule has 0 saturated heterocycles. The molecule has 27 heavy (non-hydrogen) atoms. The fourth-order valence-corrected chi connectivity index (χ4v) is 3.21. The number of nitrogens with one attached hydrogen (secondary N) is 1. The van der Waals surface area contributed by atoms with Crippen LogP contribution >= 0.6 is 11.8 Å². The fraction of sp³-hybridized carbons (Fsp3) is 0.250. The van der Waals surface area contributed by atoms with Crippen molar-refractivity contribution in [2.75, 3.05) is 20.4 Å². The van der Waals surface area contributed by atoms with Gasteiger partial charge in [0.15, 0.2) is 11.8 Å². The molecule has 0 radical (unpaired) electrons. The van der Waals surface area contributed by atoms with E-state index in [1.165, 1.54) is 10.5 Å². The minimum atomic E-state index is 0.539. The molecular formula is C20H24N6S. The molecule has 0 spiro atoms. The number of aliphatic imine (C=N–C) groups is 1. The van der Waals surface area contributed by atoms with Crippen molar-refractivity contribution in [3.05, 3.63) is 72.3 Å². The van der Waals surface area contributed by atoms with Crippen LogP contribution in [0.15, 0.2) is 70.8 Å². The number of hydrogen-bond donors (Lipinski definition) is 1. The molecule has 0 amide bonds. The zero-order valence-corrected chi connectivity index (χ0v) is 16.6. The molecule has 1 heterocycles. The van der Waals surface area contributed by atoms with Gasteiger partial charge in [0.05, 0.1) is 6.54 Å². The third-order valence-corrected chi connectivity index (χ3v) is 4.95. The summed E-state index contributed by atoms with van der Waals surface area (Å²) < 4.78 is 1.97. The summed E-state index contributed by atoms with van der Waals surface area (Å²) in [4.78, 5) is 7.75. The molecule has 0 aliphatic rings. The summed E-state index contributed by atoms with van der Waals surface area (Å²) in [7, 11) is 3.82. The Balaban J connectivity index is 1.63. The molecule has 140 valence electrons. The van der Waals surface area contributed by atoms with E-state index in [0.29, 0.717) is 6.54 Å². The second kappa shape index (κ2) is 9.23. The van der Waals surface area contributed by atoms with Crippen molar-refractivity contribution in [1.29, 1.82) is 0 Å². The maximum atomic E-state index is 4.39. The second-order valence-corrected chi connectivity index (χ2v) is 6.94. The van der Waals surface area contributed by atoms with E-state index in [1.807, 2.05) is 41.9 Å².